The molecule has 64 heavy (non-hydrogen) atoms. The van der Waals surface area contributed by atoms with Crippen molar-refractivity contribution in [2.75, 3.05) is 0 Å². The van der Waals surface area contributed by atoms with Crippen molar-refractivity contribution in [3.8, 4) is 50.2 Å². The van der Waals surface area contributed by atoms with Crippen molar-refractivity contribution < 1.29 is 0 Å². The topological polar surface area (TPSA) is 4.93 Å². The first kappa shape index (κ1) is 36.0. The van der Waals surface area contributed by atoms with E-state index in [1.54, 1.807) is 0 Å². The Labute approximate surface area is 375 Å². The van der Waals surface area contributed by atoms with Crippen LogP contribution in [0.1, 0.15) is 43.0 Å². The summed E-state index contributed by atoms with van der Waals surface area (Å²) in [4.78, 5) is 0. The maximum Gasteiger partial charge on any atom is 0.0544 e. The number of nitrogens with zero attached hydrogens (tertiary/aromatic N) is 1. The normalized spacial score (nSPS) is 13.8. The van der Waals surface area contributed by atoms with Gasteiger partial charge in [0.25, 0.3) is 0 Å². The molecule has 10 aromatic carbocycles. The number of fused-ring (bicyclic) bond motifs is 13. The fourth-order valence-electron chi connectivity index (χ4n) is 11.9. The maximum absolute atomic E-state index is 2.50. The summed E-state index contributed by atoms with van der Waals surface area (Å²) in [6.07, 6.45) is 2.26. The lowest BCUT2D eigenvalue weighted by atomic mass is 9.80. The van der Waals surface area contributed by atoms with Crippen molar-refractivity contribution in [1.29, 1.82) is 0 Å². The molecule has 300 valence electrons. The Kier molecular flexibility index (Phi) is 7.32. The molecular formula is C62H41NS. The third-order valence-electron chi connectivity index (χ3n) is 14.7. The van der Waals surface area contributed by atoms with Crippen LogP contribution in [0.2, 0.25) is 0 Å². The van der Waals surface area contributed by atoms with E-state index in [0.717, 1.165) is 0 Å². The molecule has 0 bridgehead atoms. The van der Waals surface area contributed by atoms with Crippen molar-refractivity contribution in [1.82, 2.24) is 4.57 Å². The molecule has 0 unspecified atom stereocenters. The molecule has 0 spiro atoms. The van der Waals surface area contributed by atoms with Gasteiger partial charge in [0.15, 0.2) is 0 Å². The van der Waals surface area contributed by atoms with E-state index < -0.39 is 0 Å². The van der Waals surface area contributed by atoms with E-state index in [1.165, 1.54) is 142 Å². The standard InChI is InChI=1S/C49H31NS.C13H10/c1-49(2)41-16-7-5-12-33(41)37-22-23-43-47(48(37)49)38-13-6-8-17-42(38)50(43)29-19-25-45-40(27-29)39-26-28(18-24-44(39)51-45)30-20-21-36-32-11-4-3-10-31(32)35-15-9-14-34(30)46(35)36;1-9-8-11-6-2-4-10-5-3-7-12(9)13(10)11/h3-27H,1-2H3;2-8H,1H3. The van der Waals surface area contributed by atoms with E-state index in [0.29, 0.717) is 0 Å². The average molecular weight is 832 g/mol. The fraction of sp³-hybridized carbons (Fsp3) is 0.0645. The van der Waals surface area contributed by atoms with Crippen molar-refractivity contribution in [3.63, 3.8) is 0 Å². The van der Waals surface area contributed by atoms with Crippen LogP contribution in [0.5, 0.6) is 0 Å². The zero-order valence-corrected chi connectivity index (χ0v) is 36.6. The zero-order chi connectivity index (χ0) is 42.4. The number of hydrogen-bond donors (Lipinski definition) is 0. The summed E-state index contributed by atoms with van der Waals surface area (Å²) >= 11 is 1.89. The summed E-state index contributed by atoms with van der Waals surface area (Å²) in [5.74, 6) is 0. The Hall–Kier alpha value is -7.52. The van der Waals surface area contributed by atoms with Gasteiger partial charge in [0, 0.05) is 42.0 Å². The second-order valence-electron chi connectivity index (χ2n) is 18.4. The van der Waals surface area contributed by atoms with Gasteiger partial charge in [-0.05, 0) is 143 Å². The minimum atomic E-state index is -0.0876. The Morgan fingerprint density at radius 3 is 1.92 bits per heavy atom. The molecule has 3 aliphatic rings. The smallest absolute Gasteiger partial charge is 0.0544 e. The second-order valence-corrected chi connectivity index (χ2v) is 19.5. The summed E-state index contributed by atoms with van der Waals surface area (Å²) in [7, 11) is 0. The number of allylic oxidation sites excluding steroid dienone is 1. The van der Waals surface area contributed by atoms with E-state index in [-0.39, 0.29) is 5.41 Å². The van der Waals surface area contributed by atoms with E-state index in [4.69, 9.17) is 0 Å². The molecule has 0 radical (unpaired) electrons. The van der Waals surface area contributed by atoms with Crippen LogP contribution in [0.3, 0.4) is 0 Å². The minimum Gasteiger partial charge on any atom is -0.309 e. The molecule has 0 N–H and O–H groups in total. The van der Waals surface area contributed by atoms with Crippen LogP contribution in [-0.2, 0) is 5.41 Å². The van der Waals surface area contributed by atoms with Crippen LogP contribution in [-0.4, -0.2) is 4.57 Å². The molecule has 3 aliphatic carbocycles. The first-order chi connectivity index (χ1) is 31.4. The Morgan fingerprint density at radius 2 is 1.06 bits per heavy atom. The number of hydrogen-bond acceptors (Lipinski definition) is 1. The quantitative estimate of drug-likeness (QED) is 0.164. The molecule has 2 aromatic heterocycles. The van der Waals surface area contributed by atoms with Crippen LogP contribution < -0.4 is 0 Å². The molecule has 0 saturated carbocycles. The van der Waals surface area contributed by atoms with Gasteiger partial charge in [-0.25, -0.2) is 0 Å². The van der Waals surface area contributed by atoms with E-state index in [9.17, 15) is 0 Å². The molecule has 0 saturated heterocycles. The van der Waals surface area contributed by atoms with Crippen LogP contribution in [0.25, 0.3) is 125 Å². The van der Waals surface area contributed by atoms with E-state index in [1.807, 2.05) is 11.3 Å². The first-order valence-electron chi connectivity index (χ1n) is 22.4. The number of para-hydroxylation sites is 1. The molecule has 0 atom stereocenters. The summed E-state index contributed by atoms with van der Waals surface area (Å²) in [6, 6.07) is 70.1. The van der Waals surface area contributed by atoms with Gasteiger partial charge >= 0.3 is 0 Å². The predicted octanol–water partition coefficient (Wildman–Crippen LogP) is 17.6. The highest BCUT2D eigenvalue weighted by Crippen LogP contribution is 2.54. The van der Waals surface area contributed by atoms with Crippen molar-refractivity contribution in [3.05, 3.63) is 210 Å². The highest BCUT2D eigenvalue weighted by molar-refractivity contribution is 7.25. The molecule has 1 nitrogen and oxygen atoms in total. The number of thiophene rings is 1. The van der Waals surface area contributed by atoms with Crippen LogP contribution in [0.4, 0.5) is 0 Å². The largest absolute Gasteiger partial charge is 0.309 e. The summed E-state index contributed by atoms with van der Waals surface area (Å²) in [5, 5.41) is 10.8. The van der Waals surface area contributed by atoms with Gasteiger partial charge in [0.1, 0.15) is 0 Å². The van der Waals surface area contributed by atoms with E-state index in [2.05, 4.69) is 219 Å². The van der Waals surface area contributed by atoms with Crippen molar-refractivity contribution >= 4 is 86.5 Å². The van der Waals surface area contributed by atoms with Gasteiger partial charge in [0.05, 0.1) is 11.0 Å². The van der Waals surface area contributed by atoms with Gasteiger partial charge in [-0.2, -0.15) is 0 Å². The van der Waals surface area contributed by atoms with Crippen LogP contribution in [0, 0.1) is 0 Å². The van der Waals surface area contributed by atoms with Crippen molar-refractivity contribution in [2.45, 2.75) is 26.2 Å². The number of aromatic nitrogens is 1. The molecule has 0 aliphatic heterocycles. The number of benzene rings is 10. The minimum absolute atomic E-state index is 0.0876. The van der Waals surface area contributed by atoms with Crippen LogP contribution >= 0.6 is 11.3 Å². The van der Waals surface area contributed by atoms with Crippen molar-refractivity contribution in [2.24, 2.45) is 0 Å². The lowest BCUT2D eigenvalue weighted by molar-refractivity contribution is 0.666. The molecule has 0 fully saturated rings. The summed E-state index contributed by atoms with van der Waals surface area (Å²) < 4.78 is 5.14. The van der Waals surface area contributed by atoms with Crippen LogP contribution in [0.15, 0.2) is 188 Å². The lowest BCUT2D eigenvalue weighted by Crippen LogP contribution is -2.15. The van der Waals surface area contributed by atoms with Gasteiger partial charge < -0.3 is 4.57 Å². The van der Waals surface area contributed by atoms with Gasteiger partial charge in [0.2, 0.25) is 0 Å². The summed E-state index contributed by atoms with van der Waals surface area (Å²) in [6.45, 7) is 6.96. The van der Waals surface area contributed by atoms with Gasteiger partial charge in [-0.15, -0.1) is 11.3 Å². The highest BCUT2D eigenvalue weighted by Gasteiger charge is 2.38. The van der Waals surface area contributed by atoms with Gasteiger partial charge in [-0.3, -0.25) is 0 Å². The molecule has 12 aromatic rings. The van der Waals surface area contributed by atoms with Gasteiger partial charge in [-0.1, -0.05) is 166 Å². The molecule has 2 heteroatoms. The maximum atomic E-state index is 2.50. The highest BCUT2D eigenvalue weighted by atomic mass is 32.1. The Morgan fingerprint density at radius 1 is 0.422 bits per heavy atom. The van der Waals surface area contributed by atoms with E-state index >= 15 is 0 Å². The molecule has 15 rings (SSSR count). The Balaban J connectivity index is 0.000000260. The lowest BCUT2D eigenvalue weighted by Gasteiger charge is -2.22. The molecular weight excluding hydrogens is 791 g/mol. The molecule has 2 heterocycles. The summed E-state index contributed by atoms with van der Waals surface area (Å²) in [5.41, 5.74) is 21.3. The number of rotatable bonds is 2. The predicted molar refractivity (Wildman–Crippen MR) is 276 cm³/mol. The SMILES string of the molecule is CC1(C)c2ccccc2-c2ccc3c(c21)c1ccccc1n3-c1ccc2sc3ccc(-c4ccc5c6c(cccc46)-c4ccccc4-5)cc3c2c1.CC1=Cc2cccc3cccc1c23. The second kappa shape index (κ2) is 13.0. The monoisotopic (exact) mass is 831 g/mol. The third kappa shape index (κ3) is 4.84. The average Bonchev–Trinajstić information content (AvgIpc) is 4.11. The Bertz CT molecular complexity index is 4020. The third-order valence-corrected chi connectivity index (χ3v) is 15.8. The molecule has 0 amide bonds. The first-order valence-corrected chi connectivity index (χ1v) is 23.2. The zero-order valence-electron chi connectivity index (χ0n) is 35.8. The fourth-order valence-corrected chi connectivity index (χ4v) is 12.9.